The monoisotopic (exact) mass is 673 g/mol. The number of hydrogen-bond acceptors (Lipinski definition) is 6. The van der Waals surface area contributed by atoms with Crippen molar-refractivity contribution in [3.8, 4) is 5.75 Å². The molecule has 3 N–H and O–H groups in total. The van der Waals surface area contributed by atoms with Gasteiger partial charge in [-0.05, 0) is 65.7 Å². The van der Waals surface area contributed by atoms with Crippen molar-refractivity contribution in [2.24, 2.45) is 4.99 Å². The van der Waals surface area contributed by atoms with Crippen LogP contribution < -0.4 is 15.6 Å². The SMILES string of the molecule is O=C(NNCc1cc(C(F)(F)F)cc(C(F)(F)F)c1)[C@]1(Cc2ccc(Br)cc2)COC(c2ccc(OCCCO)cc2)=N1. The molecule has 3 aromatic carbocycles. The maximum absolute atomic E-state index is 13.5. The smallest absolute Gasteiger partial charge is 0.416 e. The van der Waals surface area contributed by atoms with Crippen molar-refractivity contribution in [1.29, 1.82) is 0 Å². The number of aliphatic hydroxyl groups excluding tert-OH is 1. The van der Waals surface area contributed by atoms with Gasteiger partial charge in [-0.15, -0.1) is 0 Å². The summed E-state index contributed by atoms with van der Waals surface area (Å²) in [6.07, 6.45) is -9.44. The minimum atomic E-state index is -5.00. The van der Waals surface area contributed by atoms with E-state index >= 15 is 0 Å². The molecule has 0 radical (unpaired) electrons. The molecule has 0 aromatic heterocycles. The predicted octanol–water partition coefficient (Wildman–Crippen LogP) is 5.83. The van der Waals surface area contributed by atoms with Crippen molar-refractivity contribution in [1.82, 2.24) is 10.9 Å². The van der Waals surface area contributed by atoms with E-state index in [1.54, 1.807) is 48.5 Å². The highest BCUT2D eigenvalue weighted by molar-refractivity contribution is 9.10. The number of halogens is 7. The molecule has 1 heterocycles. The van der Waals surface area contributed by atoms with Gasteiger partial charge in [0.25, 0.3) is 5.91 Å². The first-order valence-corrected chi connectivity index (χ1v) is 13.7. The van der Waals surface area contributed by atoms with Gasteiger partial charge in [-0.1, -0.05) is 28.1 Å². The average molecular weight is 674 g/mol. The van der Waals surface area contributed by atoms with E-state index < -0.39 is 41.5 Å². The van der Waals surface area contributed by atoms with E-state index in [4.69, 9.17) is 14.6 Å². The number of carbonyl (C=O) groups is 1. The molecule has 0 bridgehead atoms. The van der Waals surface area contributed by atoms with Crippen molar-refractivity contribution < 1.29 is 45.7 Å². The van der Waals surface area contributed by atoms with E-state index in [0.29, 0.717) is 36.5 Å². The third kappa shape index (κ3) is 8.48. The van der Waals surface area contributed by atoms with Gasteiger partial charge >= 0.3 is 12.4 Å². The van der Waals surface area contributed by atoms with Gasteiger partial charge in [-0.3, -0.25) is 10.2 Å². The summed E-state index contributed by atoms with van der Waals surface area (Å²) in [6.45, 7) is -0.381. The third-order valence-electron chi connectivity index (χ3n) is 6.41. The Bertz CT molecular complexity index is 1410. The molecule has 1 aliphatic heterocycles. The van der Waals surface area contributed by atoms with E-state index in [-0.39, 0.29) is 37.2 Å². The molecule has 0 aliphatic carbocycles. The van der Waals surface area contributed by atoms with Gasteiger partial charge in [0.15, 0.2) is 5.54 Å². The Morgan fingerprint density at radius 1 is 0.953 bits per heavy atom. The summed E-state index contributed by atoms with van der Waals surface area (Å²) < 4.78 is 91.6. The lowest BCUT2D eigenvalue weighted by molar-refractivity contribution is -0.143. The molecular formula is C29H26BrF6N3O4. The summed E-state index contributed by atoms with van der Waals surface area (Å²) in [5.41, 5.74) is 1.35. The molecule has 43 heavy (non-hydrogen) atoms. The van der Waals surface area contributed by atoms with Crippen molar-refractivity contribution >= 4 is 27.7 Å². The Morgan fingerprint density at radius 2 is 1.58 bits per heavy atom. The summed E-state index contributed by atoms with van der Waals surface area (Å²) in [5.74, 6) is 0.0291. The van der Waals surface area contributed by atoms with Gasteiger partial charge in [0.1, 0.15) is 12.4 Å². The van der Waals surface area contributed by atoms with Crippen LogP contribution in [0.15, 0.2) is 76.2 Å². The topological polar surface area (TPSA) is 92.2 Å². The molecule has 0 saturated carbocycles. The summed E-state index contributed by atoms with van der Waals surface area (Å²) >= 11 is 3.35. The largest absolute Gasteiger partial charge is 0.494 e. The number of aliphatic imine (C=N–C) groups is 1. The maximum Gasteiger partial charge on any atom is 0.416 e. The molecule has 0 spiro atoms. The highest BCUT2D eigenvalue weighted by atomic mass is 79.9. The quantitative estimate of drug-likeness (QED) is 0.135. The minimum absolute atomic E-state index is 0.00532. The molecule has 1 amide bonds. The summed E-state index contributed by atoms with van der Waals surface area (Å²) in [6, 6.07) is 15.0. The fraction of sp³-hybridized carbons (Fsp3) is 0.310. The Kier molecular flexibility index (Phi) is 10.0. The zero-order valence-electron chi connectivity index (χ0n) is 22.4. The molecular weight excluding hydrogens is 648 g/mol. The lowest BCUT2D eigenvalue weighted by Crippen LogP contribution is -2.52. The Balaban J connectivity index is 1.54. The number of alkyl halides is 6. The highest BCUT2D eigenvalue weighted by Crippen LogP contribution is 2.36. The molecule has 1 atom stereocenters. The van der Waals surface area contributed by atoms with E-state index in [1.165, 1.54) is 0 Å². The van der Waals surface area contributed by atoms with Crippen molar-refractivity contribution in [2.45, 2.75) is 37.3 Å². The lowest BCUT2D eigenvalue weighted by atomic mass is 9.91. The number of hydrogen-bond donors (Lipinski definition) is 3. The number of nitrogens with one attached hydrogen (secondary N) is 2. The normalized spacial score (nSPS) is 16.9. The van der Waals surface area contributed by atoms with Gasteiger partial charge in [0.2, 0.25) is 5.90 Å². The second-order valence-electron chi connectivity index (χ2n) is 9.71. The van der Waals surface area contributed by atoms with Gasteiger partial charge in [-0.25, -0.2) is 10.4 Å². The molecule has 14 heteroatoms. The van der Waals surface area contributed by atoms with Crippen molar-refractivity contribution in [2.75, 3.05) is 19.8 Å². The average Bonchev–Trinajstić information content (AvgIpc) is 3.39. The first kappa shape index (κ1) is 32.3. The van der Waals surface area contributed by atoms with Crippen LogP contribution in [-0.4, -0.2) is 42.3 Å². The molecule has 1 aliphatic rings. The van der Waals surface area contributed by atoms with Crippen molar-refractivity contribution in [3.05, 3.63) is 99.0 Å². The van der Waals surface area contributed by atoms with Gasteiger partial charge in [0, 0.05) is 36.0 Å². The first-order chi connectivity index (χ1) is 20.3. The van der Waals surface area contributed by atoms with Crippen LogP contribution in [-0.2, 0) is 34.8 Å². The number of amides is 1. The van der Waals surface area contributed by atoms with Crippen LogP contribution in [0.2, 0.25) is 0 Å². The second-order valence-corrected chi connectivity index (χ2v) is 10.6. The summed E-state index contributed by atoms with van der Waals surface area (Å²) in [5, 5.41) is 8.90. The number of carbonyl (C=O) groups excluding carboxylic acids is 1. The molecule has 0 saturated heterocycles. The molecule has 0 fully saturated rings. The van der Waals surface area contributed by atoms with E-state index in [2.05, 4.69) is 31.8 Å². The van der Waals surface area contributed by atoms with Gasteiger partial charge < -0.3 is 14.6 Å². The first-order valence-electron chi connectivity index (χ1n) is 12.9. The van der Waals surface area contributed by atoms with E-state index in [1.807, 2.05) is 0 Å². The summed E-state index contributed by atoms with van der Waals surface area (Å²) in [4.78, 5) is 18.1. The number of nitrogens with zero attached hydrogens (tertiary/aromatic N) is 1. The fourth-order valence-electron chi connectivity index (χ4n) is 4.23. The third-order valence-corrected chi connectivity index (χ3v) is 6.94. The van der Waals surface area contributed by atoms with Crippen LogP contribution in [0.3, 0.4) is 0 Å². The zero-order valence-corrected chi connectivity index (χ0v) is 23.9. The number of ether oxygens (including phenoxy) is 2. The Hall–Kier alpha value is -3.62. The standard InChI is InChI=1S/C29H26BrF6N3O4/c30-23-6-2-18(3-7-23)15-27(17-43-25(38-27)20-4-8-24(9-5-20)42-11-1-10-40)26(41)39-37-16-19-12-21(28(31,32)33)14-22(13-19)29(34,35)36/h2-9,12-14,37,40H,1,10-11,15-17H2,(H,39,41)/t27-/m0/s1. The van der Waals surface area contributed by atoms with Crippen molar-refractivity contribution in [3.63, 3.8) is 0 Å². The maximum atomic E-state index is 13.5. The second kappa shape index (κ2) is 13.3. The molecule has 4 rings (SSSR count). The van der Waals surface area contributed by atoms with Crippen LogP contribution in [0.25, 0.3) is 0 Å². The lowest BCUT2D eigenvalue weighted by Gasteiger charge is -2.23. The zero-order chi connectivity index (χ0) is 31.3. The number of hydrazine groups is 1. The molecule has 3 aromatic rings. The summed E-state index contributed by atoms with van der Waals surface area (Å²) in [7, 11) is 0. The Morgan fingerprint density at radius 3 is 2.16 bits per heavy atom. The van der Waals surface area contributed by atoms with Crippen LogP contribution in [0.5, 0.6) is 5.75 Å². The predicted molar refractivity (Wildman–Crippen MR) is 148 cm³/mol. The molecule has 7 nitrogen and oxygen atoms in total. The molecule has 0 unspecified atom stereocenters. The fourth-order valence-corrected chi connectivity index (χ4v) is 4.50. The highest BCUT2D eigenvalue weighted by Gasteiger charge is 2.44. The number of aliphatic hydroxyl groups is 1. The van der Waals surface area contributed by atoms with Crippen LogP contribution >= 0.6 is 15.9 Å². The minimum Gasteiger partial charge on any atom is -0.494 e. The van der Waals surface area contributed by atoms with Crippen LogP contribution in [0.4, 0.5) is 26.3 Å². The van der Waals surface area contributed by atoms with Gasteiger partial charge in [0.05, 0.1) is 17.7 Å². The number of benzene rings is 3. The van der Waals surface area contributed by atoms with E-state index in [9.17, 15) is 31.1 Å². The van der Waals surface area contributed by atoms with Crippen LogP contribution in [0.1, 0.15) is 34.2 Å². The van der Waals surface area contributed by atoms with Gasteiger partial charge in [-0.2, -0.15) is 26.3 Å². The number of rotatable bonds is 11. The Labute approximate surface area is 251 Å². The molecule has 230 valence electrons. The van der Waals surface area contributed by atoms with E-state index in [0.717, 1.165) is 10.0 Å². The van der Waals surface area contributed by atoms with Crippen LogP contribution in [0, 0.1) is 0 Å².